The molecule has 2 heteroatoms. The molecular formula is C16H33NO. The van der Waals surface area contributed by atoms with Crippen LogP contribution in [0.3, 0.4) is 0 Å². The highest BCUT2D eigenvalue weighted by Gasteiger charge is 2.32. The average Bonchev–Trinajstić information content (AvgIpc) is 2.26. The van der Waals surface area contributed by atoms with Gasteiger partial charge in [-0.15, -0.1) is 0 Å². The van der Waals surface area contributed by atoms with Crippen LogP contribution in [0.1, 0.15) is 66.2 Å². The third-order valence-corrected chi connectivity index (χ3v) is 4.30. The molecule has 0 amide bonds. The lowest BCUT2D eigenvalue weighted by Gasteiger charge is -2.38. The molecule has 1 saturated carbocycles. The summed E-state index contributed by atoms with van der Waals surface area (Å²) in [6, 6.07) is 0.662. The van der Waals surface area contributed by atoms with Gasteiger partial charge >= 0.3 is 0 Å². The van der Waals surface area contributed by atoms with Crippen LogP contribution in [0.15, 0.2) is 0 Å². The van der Waals surface area contributed by atoms with E-state index in [4.69, 9.17) is 4.74 Å². The van der Waals surface area contributed by atoms with Crippen LogP contribution in [-0.4, -0.2) is 25.8 Å². The first-order valence-electron chi connectivity index (χ1n) is 7.75. The first-order valence-corrected chi connectivity index (χ1v) is 7.75. The third-order valence-electron chi connectivity index (χ3n) is 4.30. The number of ether oxygens (including phenoxy) is 1. The molecule has 0 heterocycles. The molecule has 1 aliphatic carbocycles. The summed E-state index contributed by atoms with van der Waals surface area (Å²) < 4.78 is 6.10. The SMILES string of the molecule is CCC(CCCOC1CC(C)CC(C)(C)C1)NC. The molecule has 3 unspecified atom stereocenters. The van der Waals surface area contributed by atoms with E-state index in [9.17, 15) is 0 Å². The standard InChI is InChI=1S/C16H33NO/c1-6-14(17-5)8-7-9-18-15-10-13(2)11-16(3,4)12-15/h13-15,17H,6-12H2,1-5H3. The van der Waals surface area contributed by atoms with Gasteiger partial charge in [0.1, 0.15) is 0 Å². The van der Waals surface area contributed by atoms with Crippen molar-refractivity contribution in [1.29, 1.82) is 0 Å². The van der Waals surface area contributed by atoms with Crippen LogP contribution in [0.25, 0.3) is 0 Å². The smallest absolute Gasteiger partial charge is 0.0582 e. The molecule has 0 spiro atoms. The Labute approximate surface area is 114 Å². The van der Waals surface area contributed by atoms with E-state index in [2.05, 4.69) is 40.1 Å². The molecule has 1 N–H and O–H groups in total. The van der Waals surface area contributed by atoms with Crippen molar-refractivity contribution >= 4 is 0 Å². The lowest BCUT2D eigenvalue weighted by molar-refractivity contribution is -0.0244. The van der Waals surface area contributed by atoms with Crippen molar-refractivity contribution in [1.82, 2.24) is 5.32 Å². The summed E-state index contributed by atoms with van der Waals surface area (Å²) in [6.07, 6.45) is 7.98. The van der Waals surface area contributed by atoms with E-state index < -0.39 is 0 Å². The fraction of sp³-hybridized carbons (Fsp3) is 1.00. The number of hydrogen-bond acceptors (Lipinski definition) is 2. The summed E-state index contributed by atoms with van der Waals surface area (Å²) in [6.45, 7) is 10.3. The Morgan fingerprint density at radius 1 is 1.33 bits per heavy atom. The lowest BCUT2D eigenvalue weighted by atomic mass is 9.71. The van der Waals surface area contributed by atoms with Crippen LogP contribution in [0.5, 0.6) is 0 Å². The summed E-state index contributed by atoms with van der Waals surface area (Å²) in [5.41, 5.74) is 0.471. The Kier molecular flexibility index (Phi) is 6.65. The van der Waals surface area contributed by atoms with Crippen LogP contribution in [0, 0.1) is 11.3 Å². The highest BCUT2D eigenvalue weighted by atomic mass is 16.5. The summed E-state index contributed by atoms with van der Waals surface area (Å²) in [7, 11) is 2.06. The van der Waals surface area contributed by atoms with E-state index in [0.29, 0.717) is 17.6 Å². The first-order chi connectivity index (χ1) is 8.46. The molecule has 1 rings (SSSR count). The van der Waals surface area contributed by atoms with Gasteiger partial charge in [0.25, 0.3) is 0 Å². The van der Waals surface area contributed by atoms with Crippen molar-refractivity contribution in [3.05, 3.63) is 0 Å². The van der Waals surface area contributed by atoms with Gasteiger partial charge in [-0.05, 0) is 56.9 Å². The molecule has 0 aromatic rings. The van der Waals surface area contributed by atoms with Gasteiger partial charge in [0, 0.05) is 12.6 Å². The number of rotatable bonds is 7. The summed E-state index contributed by atoms with van der Waals surface area (Å²) in [4.78, 5) is 0. The maximum atomic E-state index is 6.10. The number of hydrogen-bond donors (Lipinski definition) is 1. The van der Waals surface area contributed by atoms with Gasteiger partial charge in [0.15, 0.2) is 0 Å². The molecule has 108 valence electrons. The highest BCUT2D eigenvalue weighted by Crippen LogP contribution is 2.39. The average molecular weight is 255 g/mol. The normalized spacial score (nSPS) is 29.2. The topological polar surface area (TPSA) is 21.3 Å². The van der Waals surface area contributed by atoms with Gasteiger partial charge in [-0.2, -0.15) is 0 Å². The van der Waals surface area contributed by atoms with Gasteiger partial charge < -0.3 is 10.1 Å². The highest BCUT2D eigenvalue weighted by molar-refractivity contribution is 4.83. The Morgan fingerprint density at radius 3 is 2.61 bits per heavy atom. The quantitative estimate of drug-likeness (QED) is 0.694. The van der Waals surface area contributed by atoms with Crippen LogP contribution in [-0.2, 0) is 4.74 Å². The zero-order valence-electron chi connectivity index (χ0n) is 13.1. The molecule has 0 saturated heterocycles. The maximum absolute atomic E-state index is 6.10. The second-order valence-corrected chi connectivity index (χ2v) is 6.94. The van der Waals surface area contributed by atoms with E-state index >= 15 is 0 Å². The minimum absolute atomic E-state index is 0.471. The van der Waals surface area contributed by atoms with E-state index in [0.717, 1.165) is 12.5 Å². The minimum Gasteiger partial charge on any atom is -0.378 e. The molecule has 18 heavy (non-hydrogen) atoms. The predicted octanol–water partition coefficient (Wildman–Crippen LogP) is 4.00. The molecule has 2 nitrogen and oxygen atoms in total. The fourth-order valence-electron chi connectivity index (χ4n) is 3.52. The van der Waals surface area contributed by atoms with E-state index in [1.807, 2.05) is 0 Å². The van der Waals surface area contributed by atoms with Crippen molar-refractivity contribution in [2.75, 3.05) is 13.7 Å². The summed E-state index contributed by atoms with van der Waals surface area (Å²) in [5.74, 6) is 0.819. The van der Waals surface area contributed by atoms with Crippen molar-refractivity contribution < 1.29 is 4.74 Å². The lowest BCUT2D eigenvalue weighted by Crippen LogP contribution is -2.33. The Balaban J connectivity index is 2.19. The molecule has 0 aromatic carbocycles. The monoisotopic (exact) mass is 255 g/mol. The van der Waals surface area contributed by atoms with Crippen molar-refractivity contribution in [3.63, 3.8) is 0 Å². The van der Waals surface area contributed by atoms with Gasteiger partial charge in [0.2, 0.25) is 0 Å². The second-order valence-electron chi connectivity index (χ2n) is 6.94. The summed E-state index contributed by atoms with van der Waals surface area (Å²) >= 11 is 0. The molecule has 0 aromatic heterocycles. The zero-order chi connectivity index (χ0) is 13.6. The molecule has 0 bridgehead atoms. The van der Waals surface area contributed by atoms with Crippen LogP contribution in [0.2, 0.25) is 0 Å². The van der Waals surface area contributed by atoms with Crippen LogP contribution >= 0.6 is 0 Å². The predicted molar refractivity (Wildman–Crippen MR) is 78.9 cm³/mol. The molecule has 3 atom stereocenters. The molecule has 0 aliphatic heterocycles. The summed E-state index contributed by atoms with van der Waals surface area (Å²) in [5, 5.41) is 3.35. The van der Waals surface area contributed by atoms with Gasteiger partial charge in [-0.1, -0.05) is 27.7 Å². The maximum Gasteiger partial charge on any atom is 0.0582 e. The van der Waals surface area contributed by atoms with Crippen molar-refractivity contribution in [2.45, 2.75) is 78.4 Å². The number of nitrogens with one attached hydrogen (secondary N) is 1. The second kappa shape index (κ2) is 7.49. The van der Waals surface area contributed by atoms with E-state index in [-0.39, 0.29) is 0 Å². The third kappa shape index (κ3) is 5.71. The van der Waals surface area contributed by atoms with E-state index in [1.165, 1.54) is 38.5 Å². The molecular weight excluding hydrogens is 222 g/mol. The Morgan fingerprint density at radius 2 is 2.06 bits per heavy atom. The largest absolute Gasteiger partial charge is 0.378 e. The Bertz CT molecular complexity index is 223. The fourth-order valence-corrected chi connectivity index (χ4v) is 3.52. The first kappa shape index (κ1) is 16.0. The van der Waals surface area contributed by atoms with Gasteiger partial charge in [-0.25, -0.2) is 0 Å². The van der Waals surface area contributed by atoms with Crippen LogP contribution < -0.4 is 5.32 Å². The van der Waals surface area contributed by atoms with Crippen molar-refractivity contribution in [3.8, 4) is 0 Å². The molecule has 1 aliphatic rings. The molecule has 1 fully saturated rings. The van der Waals surface area contributed by atoms with Gasteiger partial charge in [-0.3, -0.25) is 0 Å². The van der Waals surface area contributed by atoms with Gasteiger partial charge in [0.05, 0.1) is 6.10 Å². The van der Waals surface area contributed by atoms with E-state index in [1.54, 1.807) is 0 Å². The Hall–Kier alpha value is -0.0800. The van der Waals surface area contributed by atoms with Crippen molar-refractivity contribution in [2.24, 2.45) is 11.3 Å². The molecule has 0 radical (unpaired) electrons. The zero-order valence-corrected chi connectivity index (χ0v) is 13.1. The van der Waals surface area contributed by atoms with Crippen LogP contribution in [0.4, 0.5) is 0 Å². The minimum atomic E-state index is 0.471.